The van der Waals surface area contributed by atoms with Crippen LogP contribution in [0.3, 0.4) is 0 Å². The standard InChI is InChI=1S/C4H8N2S4.2CH3NO2.2Na/c5-3(7)9-1-2-10-4(6)8;2*2-1(3)4;;/h1-2H2,(H2,5,7)(H2,6,8);2*2H2,(H,3,4);;/q;;;2*+1/p-2. The van der Waals surface area contributed by atoms with E-state index in [0.717, 1.165) is 11.5 Å². The third-order valence-corrected chi connectivity index (χ3v) is 2.92. The monoisotopic (exact) mass is 378 g/mol. The molecule has 0 unspecified atom stereocenters. The van der Waals surface area contributed by atoms with E-state index in [0.29, 0.717) is 8.64 Å². The van der Waals surface area contributed by atoms with Crippen LogP contribution in [0.1, 0.15) is 0 Å². The minimum absolute atomic E-state index is 0. The van der Waals surface area contributed by atoms with Gasteiger partial charge < -0.3 is 42.7 Å². The van der Waals surface area contributed by atoms with Crippen molar-refractivity contribution in [3.63, 3.8) is 0 Å². The second-order valence-electron chi connectivity index (χ2n) is 1.97. The summed E-state index contributed by atoms with van der Waals surface area (Å²) in [5, 5.41) is 17.3. The predicted octanol–water partition coefficient (Wildman–Crippen LogP) is -8.48. The van der Waals surface area contributed by atoms with Gasteiger partial charge in [0.15, 0.2) is 0 Å². The molecule has 0 rings (SSSR count). The van der Waals surface area contributed by atoms with Gasteiger partial charge in [-0.15, -0.1) is 0 Å². The van der Waals surface area contributed by atoms with Crippen LogP contribution in [0, 0.1) is 0 Å². The fourth-order valence-electron chi connectivity index (χ4n) is 0.285. The molecule has 8 N–H and O–H groups in total. The molecule has 106 valence electrons. The van der Waals surface area contributed by atoms with Gasteiger partial charge in [0.05, 0.1) is 0 Å². The molecule has 0 saturated carbocycles. The first kappa shape index (κ1) is 32.8. The Hall–Kier alpha value is 1.02. The van der Waals surface area contributed by atoms with Crippen LogP contribution in [0.15, 0.2) is 0 Å². The molecule has 0 aliphatic rings. The number of hydrogen-bond acceptors (Lipinski definition) is 8. The molecular formula is C6H12N4Na2O4S4. The van der Waals surface area contributed by atoms with Gasteiger partial charge in [0, 0.05) is 11.5 Å². The summed E-state index contributed by atoms with van der Waals surface area (Å²) in [6.07, 6.45) is -3.17. The topological polar surface area (TPSA) is 184 Å². The smallest absolute Gasteiger partial charge is 0.530 e. The minimum atomic E-state index is -1.58. The Morgan fingerprint density at radius 2 is 0.950 bits per heavy atom. The summed E-state index contributed by atoms with van der Waals surface area (Å²) in [5.41, 5.74) is 18.3. The van der Waals surface area contributed by atoms with Crippen molar-refractivity contribution in [2.24, 2.45) is 22.9 Å². The maximum Gasteiger partial charge on any atom is 1.00 e. The summed E-state index contributed by atoms with van der Waals surface area (Å²) in [5.74, 6) is 1.74. The third kappa shape index (κ3) is 96.0. The molecule has 0 aromatic heterocycles. The van der Waals surface area contributed by atoms with E-state index in [-0.39, 0.29) is 59.1 Å². The zero-order valence-corrected chi connectivity index (χ0v) is 18.3. The van der Waals surface area contributed by atoms with Crippen LogP contribution in [-0.2, 0) is 0 Å². The van der Waals surface area contributed by atoms with E-state index in [9.17, 15) is 0 Å². The van der Waals surface area contributed by atoms with Crippen LogP contribution in [0.4, 0.5) is 9.59 Å². The molecule has 2 amide bonds. The van der Waals surface area contributed by atoms with Crippen molar-refractivity contribution < 1.29 is 78.9 Å². The number of carbonyl (C=O) groups excluding carboxylic acids is 2. The zero-order valence-electron chi connectivity index (χ0n) is 11.0. The molecule has 0 aliphatic heterocycles. The second-order valence-corrected chi connectivity index (χ2v) is 5.64. The van der Waals surface area contributed by atoms with Crippen molar-refractivity contribution in [3.05, 3.63) is 0 Å². The molecule has 0 aromatic rings. The maximum atomic E-state index is 8.67. The van der Waals surface area contributed by atoms with Crippen molar-refractivity contribution >= 4 is 68.8 Å². The molecule has 0 fully saturated rings. The van der Waals surface area contributed by atoms with Crippen molar-refractivity contribution in [1.82, 2.24) is 0 Å². The van der Waals surface area contributed by atoms with Crippen LogP contribution >= 0.6 is 48.0 Å². The second kappa shape index (κ2) is 25.0. The molecule has 0 bridgehead atoms. The summed E-state index contributed by atoms with van der Waals surface area (Å²) in [6, 6.07) is 0. The Morgan fingerprint density at radius 1 is 0.800 bits per heavy atom. The first-order valence-corrected chi connectivity index (χ1v) is 6.65. The Bertz CT molecular complexity index is 262. The van der Waals surface area contributed by atoms with E-state index in [1.807, 2.05) is 0 Å². The summed E-state index contributed by atoms with van der Waals surface area (Å²) in [7, 11) is 0. The third-order valence-electron chi connectivity index (χ3n) is 0.572. The molecule has 0 spiro atoms. The molecule has 0 radical (unpaired) electrons. The summed E-state index contributed by atoms with van der Waals surface area (Å²) in [6.45, 7) is 0. The van der Waals surface area contributed by atoms with Crippen LogP contribution in [0.25, 0.3) is 0 Å². The number of carboxylic acid groups (broad SMARTS) is 2. The summed E-state index contributed by atoms with van der Waals surface area (Å²) < 4.78 is 0.951. The Balaban J connectivity index is -0.0000000637. The first-order valence-electron chi connectivity index (χ1n) is 3.87. The number of thiocarbonyl (C=S) groups is 2. The SMILES string of the molecule is NC(=O)[O-].NC(=O)[O-].NC(=S)SCCSC(N)=S.[Na+].[Na+]. The fraction of sp³-hybridized carbons (Fsp3) is 0.333. The van der Waals surface area contributed by atoms with Crippen molar-refractivity contribution in [2.75, 3.05) is 11.5 Å². The van der Waals surface area contributed by atoms with Crippen LogP contribution in [0.2, 0.25) is 0 Å². The van der Waals surface area contributed by atoms with E-state index in [1.165, 1.54) is 23.5 Å². The van der Waals surface area contributed by atoms with E-state index in [1.54, 1.807) is 0 Å². The number of carbonyl (C=O) groups is 2. The van der Waals surface area contributed by atoms with Crippen LogP contribution in [-0.4, -0.2) is 32.3 Å². The van der Waals surface area contributed by atoms with Crippen LogP contribution < -0.4 is 92.3 Å². The Labute approximate surface area is 180 Å². The number of nitrogens with two attached hydrogens (primary N) is 4. The summed E-state index contributed by atoms with van der Waals surface area (Å²) >= 11 is 12.2. The molecule has 0 saturated heterocycles. The predicted molar refractivity (Wildman–Crippen MR) is 77.7 cm³/mol. The Kier molecular flexibility index (Phi) is 41.0. The Morgan fingerprint density at radius 3 is 1.05 bits per heavy atom. The average Bonchev–Trinajstić information content (AvgIpc) is 2.09. The largest absolute Gasteiger partial charge is 1.00 e. The molecule has 0 aliphatic carbocycles. The van der Waals surface area contributed by atoms with Gasteiger partial charge in [-0.3, -0.25) is 0 Å². The van der Waals surface area contributed by atoms with Crippen LogP contribution in [0.5, 0.6) is 0 Å². The maximum absolute atomic E-state index is 8.67. The van der Waals surface area contributed by atoms with E-state index < -0.39 is 12.2 Å². The number of amides is 2. The molecule has 0 atom stereocenters. The molecule has 0 heterocycles. The number of primary amides is 2. The van der Waals surface area contributed by atoms with Crippen molar-refractivity contribution in [3.8, 4) is 0 Å². The van der Waals surface area contributed by atoms with Gasteiger partial charge in [-0.2, -0.15) is 0 Å². The van der Waals surface area contributed by atoms with Gasteiger partial charge in [0.2, 0.25) is 0 Å². The normalized spacial score (nSPS) is 7.00. The van der Waals surface area contributed by atoms with Gasteiger partial charge >= 0.3 is 59.1 Å². The number of hydrogen-bond donors (Lipinski definition) is 4. The van der Waals surface area contributed by atoms with Gasteiger partial charge in [0.1, 0.15) is 20.8 Å². The molecular weight excluding hydrogens is 366 g/mol. The average molecular weight is 378 g/mol. The summed E-state index contributed by atoms with van der Waals surface area (Å²) in [4.78, 5) is 17.3. The van der Waals surface area contributed by atoms with E-state index >= 15 is 0 Å². The van der Waals surface area contributed by atoms with Gasteiger partial charge in [-0.1, -0.05) is 48.0 Å². The van der Waals surface area contributed by atoms with Gasteiger partial charge in [-0.05, 0) is 0 Å². The van der Waals surface area contributed by atoms with Gasteiger partial charge in [0.25, 0.3) is 0 Å². The van der Waals surface area contributed by atoms with Crippen molar-refractivity contribution in [2.45, 2.75) is 0 Å². The quantitative estimate of drug-likeness (QED) is 0.209. The molecule has 0 aromatic carbocycles. The molecule has 20 heavy (non-hydrogen) atoms. The fourth-order valence-corrected chi connectivity index (χ4v) is 1.85. The molecule has 14 heteroatoms. The van der Waals surface area contributed by atoms with Gasteiger partial charge in [-0.25, -0.2) is 0 Å². The number of rotatable bonds is 3. The van der Waals surface area contributed by atoms with E-state index in [4.69, 9.17) is 31.3 Å². The zero-order chi connectivity index (χ0) is 15.1. The number of thioether (sulfide) groups is 2. The minimum Gasteiger partial charge on any atom is -0.530 e. The van der Waals surface area contributed by atoms with E-state index in [2.05, 4.69) is 35.9 Å². The first-order chi connectivity index (χ1) is 8.09. The van der Waals surface area contributed by atoms with Crippen molar-refractivity contribution in [1.29, 1.82) is 0 Å². The molecule has 8 nitrogen and oxygen atoms in total.